The topological polar surface area (TPSA) is 77.4 Å². The van der Waals surface area contributed by atoms with E-state index < -0.39 is 5.97 Å². The second-order valence-electron chi connectivity index (χ2n) is 5.56. The number of esters is 1. The molecule has 0 amide bonds. The van der Waals surface area contributed by atoms with Crippen LogP contribution in [0.25, 0.3) is 11.3 Å². The van der Waals surface area contributed by atoms with Gasteiger partial charge in [-0.05, 0) is 13.1 Å². The highest BCUT2D eigenvalue weighted by atomic mass is 16.5. The molecule has 3 rings (SSSR count). The Kier molecular flexibility index (Phi) is 4.47. The van der Waals surface area contributed by atoms with Crippen molar-refractivity contribution < 1.29 is 14.3 Å². The van der Waals surface area contributed by atoms with E-state index >= 15 is 0 Å². The zero-order chi connectivity index (χ0) is 16.2. The van der Waals surface area contributed by atoms with Crippen LogP contribution in [0.5, 0.6) is 5.88 Å². The summed E-state index contributed by atoms with van der Waals surface area (Å²) in [6, 6.07) is 3.64. The second-order valence-corrected chi connectivity index (χ2v) is 5.56. The van der Waals surface area contributed by atoms with Crippen molar-refractivity contribution in [2.75, 3.05) is 33.9 Å². The number of methoxy groups -OCH3 is 1. The summed E-state index contributed by atoms with van der Waals surface area (Å²) < 4.78 is 10.3. The predicted molar refractivity (Wildman–Crippen MR) is 83.1 cm³/mol. The minimum Gasteiger partial charge on any atom is -0.477 e. The molecule has 0 atom stereocenters. The normalized spacial score (nSPS) is 15.0. The van der Waals surface area contributed by atoms with E-state index in [0.717, 1.165) is 18.7 Å². The van der Waals surface area contributed by atoms with E-state index in [4.69, 9.17) is 4.74 Å². The van der Waals surface area contributed by atoms with Crippen molar-refractivity contribution in [3.05, 3.63) is 36.4 Å². The fourth-order valence-electron chi connectivity index (χ4n) is 2.46. The summed E-state index contributed by atoms with van der Waals surface area (Å²) in [5.41, 5.74) is 1.49. The van der Waals surface area contributed by atoms with E-state index in [2.05, 4.69) is 31.6 Å². The highest BCUT2D eigenvalue weighted by molar-refractivity contribution is 5.87. The van der Waals surface area contributed by atoms with Gasteiger partial charge in [0.25, 0.3) is 0 Å². The van der Waals surface area contributed by atoms with Gasteiger partial charge in [-0.2, -0.15) is 0 Å². The second kappa shape index (κ2) is 6.70. The molecule has 3 heterocycles. The first kappa shape index (κ1) is 15.4. The lowest BCUT2D eigenvalue weighted by atomic mass is 10.0. The van der Waals surface area contributed by atoms with Crippen LogP contribution in [-0.2, 0) is 4.74 Å². The Morgan fingerprint density at radius 1 is 1.30 bits per heavy atom. The van der Waals surface area contributed by atoms with E-state index in [1.54, 1.807) is 18.5 Å². The molecule has 0 spiro atoms. The van der Waals surface area contributed by atoms with E-state index in [9.17, 15) is 4.79 Å². The lowest BCUT2D eigenvalue weighted by Crippen LogP contribution is -2.46. The van der Waals surface area contributed by atoms with E-state index in [1.807, 2.05) is 6.07 Å². The van der Waals surface area contributed by atoms with Crippen molar-refractivity contribution in [3.63, 3.8) is 0 Å². The number of carbonyl (C=O) groups is 1. The maximum Gasteiger partial charge on any atom is 0.358 e. The Morgan fingerprint density at radius 2 is 2.13 bits per heavy atom. The molecule has 2 aromatic rings. The average molecular weight is 314 g/mol. The molecule has 1 fully saturated rings. The van der Waals surface area contributed by atoms with Crippen LogP contribution in [0.1, 0.15) is 10.5 Å². The van der Waals surface area contributed by atoms with Crippen molar-refractivity contribution in [3.8, 4) is 17.1 Å². The first-order chi connectivity index (χ1) is 11.2. The molecular formula is C16H18N4O3. The molecule has 0 aliphatic carbocycles. The molecule has 0 N–H and O–H groups in total. The van der Waals surface area contributed by atoms with E-state index in [1.165, 1.54) is 13.3 Å². The van der Waals surface area contributed by atoms with Crippen molar-refractivity contribution in [2.45, 2.75) is 0 Å². The fraction of sp³-hybridized carbons (Fsp3) is 0.375. The lowest BCUT2D eigenvalue weighted by Gasteiger charge is -2.35. The van der Waals surface area contributed by atoms with Gasteiger partial charge in [0.1, 0.15) is 0 Å². The number of hydrogen-bond donors (Lipinski definition) is 0. The van der Waals surface area contributed by atoms with Crippen LogP contribution in [-0.4, -0.2) is 59.7 Å². The molecule has 7 heteroatoms. The quantitative estimate of drug-likeness (QED) is 0.769. The molecule has 0 saturated carbocycles. The van der Waals surface area contributed by atoms with Crippen molar-refractivity contribution in [1.29, 1.82) is 0 Å². The Morgan fingerprint density at radius 3 is 2.78 bits per heavy atom. The van der Waals surface area contributed by atoms with Crippen LogP contribution in [0, 0.1) is 5.92 Å². The number of nitrogens with zero attached hydrogens (tertiary/aromatic N) is 4. The van der Waals surface area contributed by atoms with Crippen LogP contribution in [0.3, 0.4) is 0 Å². The van der Waals surface area contributed by atoms with Crippen LogP contribution in [0.2, 0.25) is 0 Å². The molecule has 1 aliphatic heterocycles. The van der Waals surface area contributed by atoms with Crippen molar-refractivity contribution >= 4 is 5.97 Å². The molecule has 7 nitrogen and oxygen atoms in total. The number of hydrogen-bond acceptors (Lipinski definition) is 7. The van der Waals surface area contributed by atoms with Crippen molar-refractivity contribution in [1.82, 2.24) is 19.9 Å². The molecule has 2 aromatic heterocycles. The smallest absolute Gasteiger partial charge is 0.358 e. The number of likely N-dealkylation sites (tertiary alicyclic amines) is 1. The van der Waals surface area contributed by atoms with Gasteiger partial charge in [-0.1, -0.05) is 0 Å². The summed E-state index contributed by atoms with van der Waals surface area (Å²) in [4.78, 5) is 26.3. The highest BCUT2D eigenvalue weighted by Gasteiger charge is 2.23. The van der Waals surface area contributed by atoms with Gasteiger partial charge in [0.05, 0.1) is 31.8 Å². The molecular weight excluding hydrogens is 296 g/mol. The Labute approximate surface area is 134 Å². The third-order valence-electron chi connectivity index (χ3n) is 3.67. The number of ether oxygens (including phenoxy) is 2. The largest absolute Gasteiger partial charge is 0.477 e. The number of carbonyl (C=O) groups excluding carboxylic acids is 1. The van der Waals surface area contributed by atoms with Gasteiger partial charge >= 0.3 is 5.97 Å². The van der Waals surface area contributed by atoms with Crippen LogP contribution in [0.4, 0.5) is 0 Å². The van der Waals surface area contributed by atoms with Crippen LogP contribution >= 0.6 is 0 Å². The lowest BCUT2D eigenvalue weighted by molar-refractivity contribution is 0.0593. The Balaban J connectivity index is 1.66. The van der Waals surface area contributed by atoms with Gasteiger partial charge in [0.15, 0.2) is 5.69 Å². The number of pyridine rings is 1. The highest BCUT2D eigenvalue weighted by Crippen LogP contribution is 2.19. The summed E-state index contributed by atoms with van der Waals surface area (Å²) in [7, 11) is 3.40. The first-order valence-electron chi connectivity index (χ1n) is 7.34. The minimum absolute atomic E-state index is 0.166. The summed E-state index contributed by atoms with van der Waals surface area (Å²) in [6.45, 7) is 2.80. The van der Waals surface area contributed by atoms with Gasteiger partial charge in [0.2, 0.25) is 5.88 Å². The van der Waals surface area contributed by atoms with Gasteiger partial charge < -0.3 is 14.4 Å². The molecule has 0 aromatic carbocycles. The monoisotopic (exact) mass is 314 g/mol. The van der Waals surface area contributed by atoms with Gasteiger partial charge in [-0.15, -0.1) is 0 Å². The minimum atomic E-state index is -0.516. The van der Waals surface area contributed by atoms with Crippen LogP contribution in [0.15, 0.2) is 30.7 Å². The van der Waals surface area contributed by atoms with E-state index in [-0.39, 0.29) is 5.69 Å². The molecule has 0 unspecified atom stereocenters. The maximum absolute atomic E-state index is 11.5. The summed E-state index contributed by atoms with van der Waals surface area (Å²) in [6.07, 6.45) is 4.61. The first-order valence-corrected chi connectivity index (χ1v) is 7.34. The maximum atomic E-state index is 11.5. The van der Waals surface area contributed by atoms with Crippen LogP contribution < -0.4 is 4.74 Å². The standard InChI is InChI=1S/C16H18N4O3/c1-20-8-11(9-20)10-23-15-4-3-12(5-18-15)13-6-17-7-14(19-13)16(21)22-2/h3-7,11H,8-10H2,1-2H3. The summed E-state index contributed by atoms with van der Waals surface area (Å²) >= 11 is 0. The molecule has 1 aliphatic rings. The SMILES string of the molecule is COC(=O)c1cncc(-c2ccc(OCC3CN(C)C3)nc2)n1. The molecule has 0 radical (unpaired) electrons. The zero-order valence-corrected chi connectivity index (χ0v) is 13.1. The molecule has 1 saturated heterocycles. The summed E-state index contributed by atoms with van der Waals surface area (Å²) in [5.74, 6) is 0.641. The summed E-state index contributed by atoms with van der Waals surface area (Å²) in [5, 5.41) is 0. The van der Waals surface area contributed by atoms with Gasteiger partial charge in [-0.25, -0.2) is 14.8 Å². The average Bonchev–Trinajstić information content (AvgIpc) is 2.57. The number of aromatic nitrogens is 3. The van der Waals surface area contributed by atoms with E-state index in [0.29, 0.717) is 24.1 Å². The molecule has 23 heavy (non-hydrogen) atoms. The van der Waals surface area contributed by atoms with Gasteiger partial charge in [0, 0.05) is 36.8 Å². The third-order valence-corrected chi connectivity index (χ3v) is 3.67. The third kappa shape index (κ3) is 3.62. The zero-order valence-electron chi connectivity index (χ0n) is 13.1. The van der Waals surface area contributed by atoms with Crippen molar-refractivity contribution in [2.24, 2.45) is 5.92 Å². The molecule has 0 bridgehead atoms. The molecule has 120 valence electrons. The Bertz CT molecular complexity index is 684. The fourth-order valence-corrected chi connectivity index (χ4v) is 2.46. The van der Waals surface area contributed by atoms with Gasteiger partial charge in [-0.3, -0.25) is 4.98 Å². The Hall–Kier alpha value is -2.54. The predicted octanol–water partition coefficient (Wildman–Crippen LogP) is 1.27. The number of rotatable bonds is 5.